The fourth-order valence-electron chi connectivity index (χ4n) is 3.08. The minimum atomic E-state index is -0.914. The standard InChI is InChI=1S/C13H21NO5/c1-7-4-14(5-8(6-15)19-7)11(16)9-10(12(17)18)13(9,2)3/h7-10,15H,4-6H2,1-3H3,(H,17,18). The summed E-state index contributed by atoms with van der Waals surface area (Å²) in [5, 5.41) is 18.3. The molecule has 1 aliphatic carbocycles. The second kappa shape index (κ2) is 4.76. The van der Waals surface area contributed by atoms with E-state index in [1.54, 1.807) is 4.90 Å². The molecule has 6 heteroatoms. The molecule has 1 aliphatic heterocycles. The molecule has 4 unspecified atom stereocenters. The van der Waals surface area contributed by atoms with Crippen molar-refractivity contribution in [2.75, 3.05) is 19.7 Å². The lowest BCUT2D eigenvalue weighted by Crippen LogP contribution is -2.51. The van der Waals surface area contributed by atoms with E-state index in [4.69, 9.17) is 14.9 Å². The first-order chi connectivity index (χ1) is 8.78. The summed E-state index contributed by atoms with van der Waals surface area (Å²) < 4.78 is 5.48. The minimum absolute atomic E-state index is 0.133. The molecule has 2 fully saturated rings. The summed E-state index contributed by atoms with van der Waals surface area (Å²) in [4.78, 5) is 25.2. The lowest BCUT2D eigenvalue weighted by molar-refractivity contribution is -0.151. The lowest BCUT2D eigenvalue weighted by Gasteiger charge is -2.36. The van der Waals surface area contributed by atoms with Gasteiger partial charge in [-0.3, -0.25) is 9.59 Å². The third-order valence-corrected chi connectivity index (χ3v) is 4.20. The Morgan fingerprint density at radius 2 is 1.95 bits per heavy atom. The van der Waals surface area contributed by atoms with Gasteiger partial charge in [-0.05, 0) is 12.3 Å². The molecule has 2 aliphatic rings. The topological polar surface area (TPSA) is 87.1 Å². The first-order valence-corrected chi connectivity index (χ1v) is 6.57. The number of amides is 1. The van der Waals surface area contributed by atoms with Gasteiger partial charge in [-0.2, -0.15) is 0 Å². The van der Waals surface area contributed by atoms with Gasteiger partial charge in [-0.15, -0.1) is 0 Å². The predicted octanol–water partition coefficient (Wildman–Crippen LogP) is -0.0486. The zero-order chi connectivity index (χ0) is 14.4. The summed E-state index contributed by atoms with van der Waals surface area (Å²) in [7, 11) is 0. The Morgan fingerprint density at radius 3 is 2.42 bits per heavy atom. The van der Waals surface area contributed by atoms with Crippen molar-refractivity contribution in [3.63, 3.8) is 0 Å². The average Bonchev–Trinajstić information content (AvgIpc) is 2.90. The number of hydrogen-bond donors (Lipinski definition) is 2. The largest absolute Gasteiger partial charge is 0.481 e. The van der Waals surface area contributed by atoms with Crippen LogP contribution in [0.4, 0.5) is 0 Å². The number of ether oxygens (including phenoxy) is 1. The maximum Gasteiger partial charge on any atom is 0.307 e. The van der Waals surface area contributed by atoms with Gasteiger partial charge in [0, 0.05) is 13.1 Å². The SMILES string of the molecule is CC1CN(C(=O)C2C(C(=O)O)C2(C)C)CC(CO)O1. The second-order valence-corrected chi connectivity index (χ2v) is 6.11. The molecule has 0 radical (unpaired) electrons. The van der Waals surface area contributed by atoms with E-state index in [1.165, 1.54) is 0 Å². The Hall–Kier alpha value is -1.14. The molecule has 1 amide bonds. The number of rotatable bonds is 3. The summed E-state index contributed by atoms with van der Waals surface area (Å²) in [5.74, 6) is -2.12. The van der Waals surface area contributed by atoms with Gasteiger partial charge in [0.1, 0.15) is 0 Å². The molecule has 6 nitrogen and oxygen atoms in total. The van der Waals surface area contributed by atoms with Crippen molar-refractivity contribution in [3.8, 4) is 0 Å². The number of aliphatic carboxylic acids is 1. The smallest absolute Gasteiger partial charge is 0.307 e. The Morgan fingerprint density at radius 1 is 1.32 bits per heavy atom. The molecule has 19 heavy (non-hydrogen) atoms. The zero-order valence-electron chi connectivity index (χ0n) is 11.5. The van der Waals surface area contributed by atoms with Crippen molar-refractivity contribution in [2.45, 2.75) is 33.0 Å². The van der Waals surface area contributed by atoms with Crippen LogP contribution in [0.15, 0.2) is 0 Å². The van der Waals surface area contributed by atoms with Crippen LogP contribution in [0, 0.1) is 17.3 Å². The molecule has 2 rings (SSSR count). The van der Waals surface area contributed by atoms with Crippen molar-refractivity contribution in [1.29, 1.82) is 0 Å². The Kier molecular flexibility index (Phi) is 3.57. The van der Waals surface area contributed by atoms with E-state index in [1.807, 2.05) is 20.8 Å². The highest BCUT2D eigenvalue weighted by molar-refractivity contribution is 5.91. The van der Waals surface area contributed by atoms with E-state index in [0.29, 0.717) is 13.1 Å². The van der Waals surface area contributed by atoms with Crippen LogP contribution in [0.3, 0.4) is 0 Å². The van der Waals surface area contributed by atoms with E-state index in [2.05, 4.69) is 0 Å². The highest BCUT2D eigenvalue weighted by atomic mass is 16.5. The number of carbonyl (C=O) groups is 2. The summed E-state index contributed by atoms with van der Waals surface area (Å²) in [6, 6.07) is 0. The van der Waals surface area contributed by atoms with Gasteiger partial charge in [-0.1, -0.05) is 13.8 Å². The van der Waals surface area contributed by atoms with Gasteiger partial charge in [0.15, 0.2) is 0 Å². The van der Waals surface area contributed by atoms with E-state index < -0.39 is 23.2 Å². The first-order valence-electron chi connectivity index (χ1n) is 6.57. The second-order valence-electron chi connectivity index (χ2n) is 6.11. The average molecular weight is 271 g/mol. The van der Waals surface area contributed by atoms with Gasteiger partial charge in [0.25, 0.3) is 0 Å². The van der Waals surface area contributed by atoms with E-state index in [9.17, 15) is 9.59 Å². The third-order valence-electron chi connectivity index (χ3n) is 4.20. The van der Waals surface area contributed by atoms with Gasteiger partial charge in [0.2, 0.25) is 5.91 Å². The minimum Gasteiger partial charge on any atom is -0.481 e. The van der Waals surface area contributed by atoms with Crippen LogP contribution >= 0.6 is 0 Å². The molecule has 0 bridgehead atoms. The number of carbonyl (C=O) groups excluding carboxylic acids is 1. The van der Waals surface area contributed by atoms with Crippen LogP contribution in [-0.2, 0) is 14.3 Å². The summed E-state index contributed by atoms with van der Waals surface area (Å²) in [6.07, 6.45) is -0.516. The third kappa shape index (κ3) is 2.47. The molecule has 2 N–H and O–H groups in total. The maximum atomic E-state index is 12.4. The molecule has 1 saturated heterocycles. The highest BCUT2D eigenvalue weighted by Crippen LogP contribution is 2.59. The highest BCUT2D eigenvalue weighted by Gasteiger charge is 2.66. The fourth-order valence-corrected chi connectivity index (χ4v) is 3.08. The van der Waals surface area contributed by atoms with Crippen LogP contribution in [0.1, 0.15) is 20.8 Å². The number of carboxylic acids is 1. The molecule has 0 spiro atoms. The molecule has 0 aromatic carbocycles. The van der Waals surface area contributed by atoms with Crippen molar-refractivity contribution in [2.24, 2.45) is 17.3 Å². The zero-order valence-corrected chi connectivity index (χ0v) is 11.5. The van der Waals surface area contributed by atoms with Crippen LogP contribution in [0.2, 0.25) is 0 Å². The normalized spacial score (nSPS) is 36.9. The fraction of sp³-hybridized carbons (Fsp3) is 0.846. The summed E-state index contributed by atoms with van der Waals surface area (Å²) >= 11 is 0. The van der Waals surface area contributed by atoms with E-state index >= 15 is 0 Å². The number of nitrogens with zero attached hydrogens (tertiary/aromatic N) is 1. The van der Waals surface area contributed by atoms with Crippen LogP contribution in [0.25, 0.3) is 0 Å². The van der Waals surface area contributed by atoms with E-state index in [0.717, 1.165) is 0 Å². The van der Waals surface area contributed by atoms with Gasteiger partial charge < -0.3 is 19.8 Å². The molecule has 4 atom stereocenters. The number of hydrogen-bond acceptors (Lipinski definition) is 4. The molecule has 0 aromatic heterocycles. The molecule has 1 saturated carbocycles. The lowest BCUT2D eigenvalue weighted by atomic mass is 10.1. The van der Waals surface area contributed by atoms with Crippen LogP contribution < -0.4 is 0 Å². The molecule has 0 aromatic rings. The molecule has 108 valence electrons. The maximum absolute atomic E-state index is 12.4. The molecular weight excluding hydrogens is 250 g/mol. The summed E-state index contributed by atoms with van der Waals surface area (Å²) in [5.41, 5.74) is -0.487. The van der Waals surface area contributed by atoms with Crippen LogP contribution in [-0.4, -0.2) is 58.9 Å². The molecule has 1 heterocycles. The number of aliphatic hydroxyl groups is 1. The van der Waals surface area contributed by atoms with Crippen LogP contribution in [0.5, 0.6) is 0 Å². The van der Waals surface area contributed by atoms with Gasteiger partial charge >= 0.3 is 5.97 Å². The van der Waals surface area contributed by atoms with Gasteiger partial charge in [0.05, 0.1) is 30.7 Å². The molecular formula is C13H21NO5. The Labute approximate surface area is 112 Å². The van der Waals surface area contributed by atoms with Crippen molar-refractivity contribution < 1.29 is 24.5 Å². The Balaban J connectivity index is 2.06. The van der Waals surface area contributed by atoms with Crippen molar-refractivity contribution in [3.05, 3.63) is 0 Å². The predicted molar refractivity (Wildman–Crippen MR) is 66.4 cm³/mol. The van der Waals surface area contributed by atoms with Gasteiger partial charge in [-0.25, -0.2) is 0 Å². The number of aliphatic hydroxyl groups excluding tert-OH is 1. The quantitative estimate of drug-likeness (QED) is 0.751. The van der Waals surface area contributed by atoms with Crippen molar-refractivity contribution >= 4 is 11.9 Å². The first kappa shape index (κ1) is 14.3. The van der Waals surface area contributed by atoms with E-state index in [-0.39, 0.29) is 24.7 Å². The Bertz CT molecular complexity index is 394. The monoisotopic (exact) mass is 271 g/mol. The number of carboxylic acid groups (broad SMARTS) is 1. The number of morpholine rings is 1. The summed E-state index contributed by atoms with van der Waals surface area (Å²) in [6.45, 7) is 6.11. The van der Waals surface area contributed by atoms with Crippen molar-refractivity contribution in [1.82, 2.24) is 4.90 Å².